The number of furan rings is 1. The summed E-state index contributed by atoms with van der Waals surface area (Å²) in [6, 6.07) is 59.7. The molecule has 0 atom stereocenters. The summed E-state index contributed by atoms with van der Waals surface area (Å²) in [5.74, 6) is 0. The van der Waals surface area contributed by atoms with Crippen molar-refractivity contribution in [3.8, 4) is 11.1 Å². The molecule has 11 aromatic rings. The van der Waals surface area contributed by atoms with E-state index in [4.69, 9.17) is 4.42 Å². The minimum absolute atomic E-state index is 0.917. The van der Waals surface area contributed by atoms with E-state index in [1.807, 2.05) is 34.8 Å². The zero-order chi connectivity index (χ0) is 32.8. The van der Waals surface area contributed by atoms with Gasteiger partial charge in [0, 0.05) is 67.9 Å². The van der Waals surface area contributed by atoms with Gasteiger partial charge in [0.2, 0.25) is 0 Å². The predicted octanol–water partition coefficient (Wildman–Crippen LogP) is 14.6. The molecule has 0 spiro atoms. The van der Waals surface area contributed by atoms with Crippen LogP contribution in [0.2, 0.25) is 0 Å². The van der Waals surface area contributed by atoms with Crippen LogP contribution in [0.15, 0.2) is 168 Å². The van der Waals surface area contributed by atoms with Crippen LogP contribution in [-0.4, -0.2) is 0 Å². The smallest absolute Gasteiger partial charge is 0.135 e. The highest BCUT2D eigenvalue weighted by Crippen LogP contribution is 2.46. The molecule has 0 aliphatic carbocycles. The molecule has 234 valence electrons. The van der Waals surface area contributed by atoms with Crippen molar-refractivity contribution < 1.29 is 4.42 Å². The maximum atomic E-state index is 6.19. The Morgan fingerprint density at radius 3 is 1.94 bits per heavy atom. The molecule has 2 nitrogen and oxygen atoms in total. The van der Waals surface area contributed by atoms with E-state index in [0.29, 0.717) is 0 Å². The Labute approximate surface area is 295 Å². The molecule has 0 radical (unpaired) electrons. The first-order valence-corrected chi connectivity index (χ1v) is 18.5. The van der Waals surface area contributed by atoms with E-state index in [-0.39, 0.29) is 0 Å². The lowest BCUT2D eigenvalue weighted by Crippen LogP contribution is -2.10. The summed E-state index contributed by atoms with van der Waals surface area (Å²) in [5, 5.41) is 9.90. The number of hydrogen-bond donors (Lipinski definition) is 0. The van der Waals surface area contributed by atoms with Crippen molar-refractivity contribution in [2.24, 2.45) is 0 Å². The van der Waals surface area contributed by atoms with Crippen LogP contribution in [0.5, 0.6) is 0 Å². The van der Waals surface area contributed by atoms with Gasteiger partial charge in [-0.15, -0.1) is 22.7 Å². The van der Waals surface area contributed by atoms with Crippen LogP contribution in [-0.2, 0) is 0 Å². The van der Waals surface area contributed by atoms with Crippen molar-refractivity contribution in [1.29, 1.82) is 0 Å². The van der Waals surface area contributed by atoms with Gasteiger partial charge in [0.25, 0.3) is 0 Å². The van der Waals surface area contributed by atoms with E-state index in [9.17, 15) is 0 Å². The lowest BCUT2D eigenvalue weighted by molar-refractivity contribution is 0.669. The van der Waals surface area contributed by atoms with Gasteiger partial charge >= 0.3 is 0 Å². The number of anilines is 3. The van der Waals surface area contributed by atoms with Crippen LogP contribution in [0.1, 0.15) is 0 Å². The molecule has 4 heteroatoms. The Morgan fingerprint density at radius 2 is 1.04 bits per heavy atom. The van der Waals surface area contributed by atoms with Gasteiger partial charge in [-0.3, -0.25) is 0 Å². The highest BCUT2D eigenvalue weighted by molar-refractivity contribution is 7.26. The minimum Gasteiger partial charge on any atom is -0.456 e. The molecule has 8 aromatic carbocycles. The topological polar surface area (TPSA) is 16.4 Å². The van der Waals surface area contributed by atoms with E-state index in [2.05, 4.69) is 157 Å². The summed E-state index contributed by atoms with van der Waals surface area (Å²) in [5.41, 5.74) is 7.72. The second kappa shape index (κ2) is 10.8. The minimum atomic E-state index is 0.917. The third-order valence-electron chi connectivity index (χ3n) is 10.1. The molecule has 0 N–H and O–H groups in total. The molecule has 0 saturated carbocycles. The Morgan fingerprint density at radius 1 is 0.400 bits per heavy atom. The van der Waals surface area contributed by atoms with Gasteiger partial charge in [-0.2, -0.15) is 0 Å². The molecule has 11 rings (SSSR count). The average molecular weight is 674 g/mol. The van der Waals surface area contributed by atoms with Gasteiger partial charge in [-0.25, -0.2) is 0 Å². The van der Waals surface area contributed by atoms with E-state index in [1.165, 1.54) is 67.9 Å². The molecule has 0 aliphatic heterocycles. The second-order valence-corrected chi connectivity index (χ2v) is 15.1. The van der Waals surface area contributed by atoms with Gasteiger partial charge in [0.15, 0.2) is 0 Å². The number of rotatable bonds is 4. The molecular formula is C46H27NOS2. The molecule has 0 unspecified atom stereocenters. The fourth-order valence-corrected chi connectivity index (χ4v) is 9.97. The Hall–Kier alpha value is -5.94. The number of thiophene rings is 2. The van der Waals surface area contributed by atoms with E-state index in [0.717, 1.165) is 33.3 Å². The molecule has 0 bridgehead atoms. The standard InChI is InChI=1S/C46H27NOS2/c1-2-11-32-28(9-1)10-7-15-39(32)47(30-20-23-43-37(26-30)35-13-4-6-17-42(35)49-43)31-21-24-44-38(27-31)46-33(14-8-18-45(46)50-44)29-19-22-41-36(25-29)34-12-3-5-16-40(34)48-41/h1-27H. The Bertz CT molecular complexity index is 3120. The van der Waals surface area contributed by atoms with Crippen LogP contribution in [0, 0.1) is 0 Å². The van der Waals surface area contributed by atoms with Crippen molar-refractivity contribution >= 4 is 113 Å². The molecule has 3 heterocycles. The number of para-hydroxylation sites is 1. The Balaban J connectivity index is 1.16. The van der Waals surface area contributed by atoms with Gasteiger partial charge in [0.05, 0.1) is 5.69 Å². The third-order valence-corrected chi connectivity index (χ3v) is 12.3. The van der Waals surface area contributed by atoms with Gasteiger partial charge in [-0.1, -0.05) is 91.0 Å². The monoisotopic (exact) mass is 673 g/mol. The van der Waals surface area contributed by atoms with E-state index >= 15 is 0 Å². The maximum absolute atomic E-state index is 6.19. The fourth-order valence-electron chi connectivity index (χ4n) is 7.77. The van der Waals surface area contributed by atoms with Crippen LogP contribution < -0.4 is 4.90 Å². The third kappa shape index (κ3) is 4.19. The first-order chi connectivity index (χ1) is 24.8. The van der Waals surface area contributed by atoms with Crippen LogP contribution >= 0.6 is 22.7 Å². The van der Waals surface area contributed by atoms with Crippen molar-refractivity contribution in [2.75, 3.05) is 4.90 Å². The quantitative estimate of drug-likeness (QED) is 0.185. The molecular weight excluding hydrogens is 647 g/mol. The van der Waals surface area contributed by atoms with Crippen molar-refractivity contribution in [2.45, 2.75) is 0 Å². The molecule has 0 amide bonds. The van der Waals surface area contributed by atoms with E-state index < -0.39 is 0 Å². The molecule has 50 heavy (non-hydrogen) atoms. The number of benzene rings is 8. The summed E-state index contributed by atoms with van der Waals surface area (Å²) < 4.78 is 11.4. The van der Waals surface area contributed by atoms with Gasteiger partial charge in [-0.05, 0) is 89.3 Å². The van der Waals surface area contributed by atoms with Crippen molar-refractivity contribution in [1.82, 2.24) is 0 Å². The highest BCUT2D eigenvalue weighted by Gasteiger charge is 2.20. The maximum Gasteiger partial charge on any atom is 0.135 e. The fraction of sp³-hybridized carbons (Fsp3) is 0. The van der Waals surface area contributed by atoms with Crippen molar-refractivity contribution in [3.05, 3.63) is 164 Å². The average Bonchev–Trinajstić information content (AvgIpc) is 3.86. The largest absolute Gasteiger partial charge is 0.456 e. The zero-order valence-corrected chi connectivity index (χ0v) is 28.4. The van der Waals surface area contributed by atoms with Gasteiger partial charge < -0.3 is 9.32 Å². The number of nitrogens with zero attached hydrogens (tertiary/aromatic N) is 1. The van der Waals surface area contributed by atoms with Crippen LogP contribution in [0.25, 0.3) is 84.2 Å². The van der Waals surface area contributed by atoms with Gasteiger partial charge in [0.1, 0.15) is 11.2 Å². The first-order valence-electron chi connectivity index (χ1n) is 16.8. The van der Waals surface area contributed by atoms with Crippen LogP contribution in [0.4, 0.5) is 17.1 Å². The lowest BCUT2D eigenvalue weighted by Gasteiger charge is -2.27. The molecule has 0 saturated heterocycles. The summed E-state index contributed by atoms with van der Waals surface area (Å²) in [6.07, 6.45) is 0. The summed E-state index contributed by atoms with van der Waals surface area (Å²) in [6.45, 7) is 0. The second-order valence-electron chi connectivity index (χ2n) is 12.9. The first kappa shape index (κ1) is 28.0. The van der Waals surface area contributed by atoms with Crippen molar-refractivity contribution in [3.63, 3.8) is 0 Å². The normalized spacial score (nSPS) is 12.0. The SMILES string of the molecule is c1ccc2c(N(c3ccc4sc5ccccc5c4c3)c3ccc4sc5cccc(-c6ccc7oc8ccccc8c7c6)c5c4c3)cccc2c1. The summed E-state index contributed by atoms with van der Waals surface area (Å²) in [4.78, 5) is 2.45. The number of hydrogen-bond acceptors (Lipinski definition) is 4. The zero-order valence-electron chi connectivity index (χ0n) is 26.8. The Kier molecular flexibility index (Phi) is 6.03. The summed E-state index contributed by atoms with van der Waals surface area (Å²) in [7, 11) is 0. The summed E-state index contributed by atoms with van der Waals surface area (Å²) >= 11 is 3.72. The van der Waals surface area contributed by atoms with E-state index in [1.54, 1.807) is 0 Å². The molecule has 0 fully saturated rings. The molecule has 3 aromatic heterocycles. The number of fused-ring (bicyclic) bond motifs is 10. The highest BCUT2D eigenvalue weighted by atomic mass is 32.1. The molecule has 0 aliphatic rings. The van der Waals surface area contributed by atoms with Crippen LogP contribution in [0.3, 0.4) is 0 Å². The predicted molar refractivity (Wildman–Crippen MR) is 217 cm³/mol. The lowest BCUT2D eigenvalue weighted by atomic mass is 9.97.